The Balaban J connectivity index is 0.00000144. The van der Waals surface area contributed by atoms with E-state index in [-0.39, 0.29) is 42.0 Å². The van der Waals surface area contributed by atoms with Gasteiger partial charge >= 0.3 is 29.6 Å². The number of fused-ring (bicyclic) bond motifs is 2. The van der Waals surface area contributed by atoms with Crippen molar-refractivity contribution in [3.8, 4) is 0 Å². The van der Waals surface area contributed by atoms with Crippen LogP contribution < -0.4 is 40.2 Å². The van der Waals surface area contributed by atoms with Crippen molar-refractivity contribution in [2.24, 2.45) is 0 Å². The van der Waals surface area contributed by atoms with E-state index in [1.54, 1.807) is 4.57 Å². The largest absolute Gasteiger partial charge is 1.00 e. The van der Waals surface area contributed by atoms with Gasteiger partial charge in [0.15, 0.2) is 11.5 Å². The standard InChI is InChI=1S/C10H12N5O5P.Na/c11-9-8-10(13-3-12-9)15(4-14-8)7-1-5-6(19-7)2-18-21(16,17)20-5;/h3-7H,1-2H2,(H,16,17)(H2,11,12,13);/q;+1/p-1. The van der Waals surface area contributed by atoms with Gasteiger partial charge in [0.1, 0.15) is 24.2 Å². The van der Waals surface area contributed by atoms with Crippen LogP contribution in [0.4, 0.5) is 5.82 Å². The quantitative estimate of drug-likeness (QED) is 0.417. The summed E-state index contributed by atoms with van der Waals surface area (Å²) in [4.78, 5) is 23.5. The Morgan fingerprint density at radius 2 is 2.18 bits per heavy atom. The molecule has 2 aromatic rings. The van der Waals surface area contributed by atoms with Gasteiger partial charge in [-0.15, -0.1) is 0 Å². The van der Waals surface area contributed by atoms with Crippen LogP contribution in [0.25, 0.3) is 11.2 Å². The number of imidazole rings is 1. The SMILES string of the molecule is Nc1ncnc2c1ncn2C1CC2OP(=O)([O-])OCC2O1.[Na+]. The summed E-state index contributed by atoms with van der Waals surface area (Å²) < 4.78 is 28.3. The van der Waals surface area contributed by atoms with Crippen molar-refractivity contribution in [1.82, 2.24) is 19.5 Å². The molecule has 4 rings (SSSR count). The molecular formula is C10H11N5NaO5P. The molecule has 4 heterocycles. The van der Waals surface area contributed by atoms with Crippen molar-refractivity contribution in [3.05, 3.63) is 12.7 Å². The predicted octanol–water partition coefficient (Wildman–Crippen LogP) is -3.42. The second kappa shape index (κ2) is 5.81. The Hall–Kier alpha value is -0.580. The molecule has 10 nitrogen and oxygen atoms in total. The van der Waals surface area contributed by atoms with Crippen molar-refractivity contribution in [3.63, 3.8) is 0 Å². The van der Waals surface area contributed by atoms with Crippen LogP contribution >= 0.6 is 7.82 Å². The Morgan fingerprint density at radius 1 is 1.36 bits per heavy atom. The van der Waals surface area contributed by atoms with Gasteiger partial charge in [0.05, 0.1) is 19.0 Å². The van der Waals surface area contributed by atoms with E-state index in [1.165, 1.54) is 12.7 Å². The van der Waals surface area contributed by atoms with Crippen LogP contribution in [0.1, 0.15) is 12.6 Å². The zero-order chi connectivity index (χ0) is 14.6. The first-order valence-corrected chi connectivity index (χ1v) is 7.72. The fraction of sp³-hybridized carbons (Fsp3) is 0.500. The third kappa shape index (κ3) is 2.70. The molecule has 0 aliphatic carbocycles. The van der Waals surface area contributed by atoms with Crippen LogP contribution in [-0.2, 0) is 18.3 Å². The van der Waals surface area contributed by atoms with Crippen molar-refractivity contribution in [2.75, 3.05) is 12.3 Å². The minimum Gasteiger partial charge on any atom is -0.756 e. The van der Waals surface area contributed by atoms with E-state index in [4.69, 9.17) is 15.0 Å². The molecule has 0 saturated carbocycles. The summed E-state index contributed by atoms with van der Waals surface area (Å²) in [6.07, 6.45) is 1.78. The van der Waals surface area contributed by atoms with Crippen LogP contribution in [0.3, 0.4) is 0 Å². The minimum absolute atomic E-state index is 0. The molecule has 112 valence electrons. The zero-order valence-electron chi connectivity index (χ0n) is 11.7. The van der Waals surface area contributed by atoms with E-state index in [2.05, 4.69) is 19.5 Å². The molecule has 2 fully saturated rings. The normalized spacial score (nSPS) is 34.3. The summed E-state index contributed by atoms with van der Waals surface area (Å²) in [6.45, 7) is -0.0499. The summed E-state index contributed by atoms with van der Waals surface area (Å²) in [6, 6.07) is 0. The molecular weight excluding hydrogens is 324 g/mol. The molecule has 2 aliphatic heterocycles. The van der Waals surface area contributed by atoms with Crippen LogP contribution in [0.2, 0.25) is 0 Å². The van der Waals surface area contributed by atoms with Crippen LogP contribution in [0.5, 0.6) is 0 Å². The van der Waals surface area contributed by atoms with E-state index in [0.717, 1.165) is 0 Å². The predicted molar refractivity (Wildman–Crippen MR) is 66.7 cm³/mol. The molecule has 4 atom stereocenters. The smallest absolute Gasteiger partial charge is 0.756 e. The van der Waals surface area contributed by atoms with Gasteiger partial charge in [-0.3, -0.25) is 9.13 Å². The van der Waals surface area contributed by atoms with Gasteiger partial charge in [0.2, 0.25) is 0 Å². The third-order valence-electron chi connectivity index (χ3n) is 3.54. The van der Waals surface area contributed by atoms with Crippen LogP contribution in [0, 0.1) is 0 Å². The van der Waals surface area contributed by atoms with Gasteiger partial charge in [0.25, 0.3) is 7.82 Å². The maximum absolute atomic E-state index is 11.3. The Morgan fingerprint density at radius 3 is 3.00 bits per heavy atom. The Bertz CT molecular complexity index is 756. The van der Waals surface area contributed by atoms with E-state index < -0.39 is 26.3 Å². The number of ether oxygens (including phenoxy) is 1. The molecule has 2 aromatic heterocycles. The molecule has 0 bridgehead atoms. The second-order valence-electron chi connectivity index (χ2n) is 4.83. The number of anilines is 1. The average molecular weight is 335 g/mol. The van der Waals surface area contributed by atoms with Crippen molar-refractivity contribution in [2.45, 2.75) is 24.9 Å². The Kier molecular flexibility index (Phi) is 4.30. The van der Waals surface area contributed by atoms with Gasteiger partial charge in [-0.2, -0.15) is 0 Å². The number of rotatable bonds is 1. The van der Waals surface area contributed by atoms with Gasteiger partial charge in [0, 0.05) is 6.42 Å². The van der Waals surface area contributed by atoms with Crippen LogP contribution in [-0.4, -0.2) is 38.3 Å². The number of phosphoric ester groups is 1. The van der Waals surface area contributed by atoms with E-state index in [1.807, 2.05) is 0 Å². The summed E-state index contributed by atoms with van der Waals surface area (Å²) >= 11 is 0. The molecule has 0 spiro atoms. The van der Waals surface area contributed by atoms with Gasteiger partial charge in [-0.1, -0.05) is 0 Å². The monoisotopic (exact) mass is 335 g/mol. The maximum Gasteiger partial charge on any atom is 1.00 e. The first-order valence-electron chi connectivity index (χ1n) is 6.26. The molecule has 0 radical (unpaired) electrons. The fourth-order valence-electron chi connectivity index (χ4n) is 2.57. The number of hydrogen-bond acceptors (Lipinski definition) is 9. The van der Waals surface area contributed by atoms with Crippen molar-refractivity contribution in [1.29, 1.82) is 0 Å². The molecule has 2 aliphatic rings. The average Bonchev–Trinajstić information content (AvgIpc) is 3.01. The molecule has 2 saturated heterocycles. The molecule has 4 unspecified atom stereocenters. The number of aromatic nitrogens is 4. The van der Waals surface area contributed by atoms with Gasteiger partial charge in [-0.05, 0) is 0 Å². The topological polar surface area (TPSA) is 137 Å². The second-order valence-corrected chi connectivity index (χ2v) is 6.20. The summed E-state index contributed by atoms with van der Waals surface area (Å²) in [5.41, 5.74) is 6.73. The van der Waals surface area contributed by atoms with Gasteiger partial charge < -0.3 is 24.4 Å². The minimum atomic E-state index is -4.22. The van der Waals surface area contributed by atoms with Gasteiger partial charge in [-0.25, -0.2) is 15.0 Å². The van der Waals surface area contributed by atoms with E-state index in [0.29, 0.717) is 17.6 Å². The van der Waals surface area contributed by atoms with E-state index in [9.17, 15) is 9.46 Å². The number of phosphoric acid groups is 1. The zero-order valence-corrected chi connectivity index (χ0v) is 14.6. The summed E-state index contributed by atoms with van der Waals surface area (Å²) in [5, 5.41) is 0. The fourth-order valence-corrected chi connectivity index (χ4v) is 3.52. The molecule has 0 amide bonds. The molecule has 12 heteroatoms. The van der Waals surface area contributed by atoms with E-state index >= 15 is 0 Å². The third-order valence-corrected chi connectivity index (χ3v) is 4.53. The first kappa shape index (κ1) is 16.3. The molecule has 0 aromatic carbocycles. The molecule has 22 heavy (non-hydrogen) atoms. The first-order chi connectivity index (χ1) is 10.0. The number of hydrogen-bond donors (Lipinski definition) is 1. The number of nitrogens with two attached hydrogens (primary N) is 1. The van der Waals surface area contributed by atoms with Crippen LogP contribution in [0.15, 0.2) is 12.7 Å². The van der Waals surface area contributed by atoms with Crippen molar-refractivity contribution >= 4 is 24.8 Å². The van der Waals surface area contributed by atoms with Crippen molar-refractivity contribution < 1.29 is 52.8 Å². The Labute approximate surface area is 146 Å². The maximum atomic E-state index is 11.3. The number of nitrogen functional groups attached to an aromatic ring is 1. The summed E-state index contributed by atoms with van der Waals surface area (Å²) in [5.74, 6) is 0.276. The summed E-state index contributed by atoms with van der Waals surface area (Å²) in [7, 11) is -4.22. The number of nitrogens with zero attached hydrogens (tertiary/aromatic N) is 4. The molecule has 2 N–H and O–H groups in total.